The highest BCUT2D eigenvalue weighted by molar-refractivity contribution is 7.09. The van der Waals surface area contributed by atoms with E-state index in [4.69, 9.17) is 4.74 Å². The number of thiazole rings is 1. The second-order valence-electron chi connectivity index (χ2n) is 5.38. The van der Waals surface area contributed by atoms with E-state index in [9.17, 15) is 0 Å². The minimum absolute atomic E-state index is 0.196. The van der Waals surface area contributed by atoms with Crippen LogP contribution in [-0.2, 0) is 6.42 Å². The summed E-state index contributed by atoms with van der Waals surface area (Å²) in [5.41, 5.74) is 1.26. The van der Waals surface area contributed by atoms with Crippen LogP contribution in [0.25, 0.3) is 0 Å². The summed E-state index contributed by atoms with van der Waals surface area (Å²) in [5, 5.41) is 6.81. The van der Waals surface area contributed by atoms with E-state index >= 15 is 0 Å². The molecule has 0 saturated carbocycles. The topological polar surface area (TPSA) is 34.2 Å². The molecule has 0 aliphatic heterocycles. The molecule has 1 N–H and O–H groups in total. The normalized spacial score (nSPS) is 12.6. The zero-order valence-corrected chi connectivity index (χ0v) is 13.8. The molecular formula is C17H24N2OS. The number of hydrogen-bond acceptors (Lipinski definition) is 4. The Morgan fingerprint density at radius 2 is 2.19 bits per heavy atom. The van der Waals surface area contributed by atoms with Crippen molar-refractivity contribution in [2.24, 2.45) is 0 Å². The largest absolute Gasteiger partial charge is 0.491 e. The number of nitrogens with zero attached hydrogens (tertiary/aromatic N) is 1. The molecule has 0 spiro atoms. The van der Waals surface area contributed by atoms with Crippen LogP contribution >= 0.6 is 11.3 Å². The Balaban J connectivity index is 2.14. The summed E-state index contributed by atoms with van der Waals surface area (Å²) in [6, 6.07) is 8.67. The number of hydrogen-bond donors (Lipinski definition) is 1. The average molecular weight is 304 g/mol. The highest BCUT2D eigenvalue weighted by atomic mass is 32.1. The molecule has 0 aliphatic rings. The van der Waals surface area contributed by atoms with Crippen molar-refractivity contribution >= 4 is 11.3 Å². The van der Waals surface area contributed by atoms with Crippen molar-refractivity contribution < 1.29 is 4.74 Å². The van der Waals surface area contributed by atoms with Crippen molar-refractivity contribution in [2.45, 2.75) is 45.8 Å². The van der Waals surface area contributed by atoms with E-state index in [0.717, 1.165) is 25.1 Å². The summed E-state index contributed by atoms with van der Waals surface area (Å²) in [4.78, 5) is 4.41. The lowest BCUT2D eigenvalue weighted by Crippen LogP contribution is -2.24. The third kappa shape index (κ3) is 5.14. The Hall–Kier alpha value is -1.39. The summed E-state index contributed by atoms with van der Waals surface area (Å²) in [6.45, 7) is 7.29. The van der Waals surface area contributed by atoms with E-state index in [1.165, 1.54) is 10.6 Å². The Morgan fingerprint density at radius 3 is 2.86 bits per heavy atom. The van der Waals surface area contributed by atoms with Gasteiger partial charge in [-0.1, -0.05) is 19.1 Å². The van der Waals surface area contributed by atoms with Gasteiger partial charge >= 0.3 is 0 Å². The van der Waals surface area contributed by atoms with Gasteiger partial charge in [0.15, 0.2) is 0 Å². The van der Waals surface area contributed by atoms with Crippen molar-refractivity contribution in [3.05, 3.63) is 46.4 Å². The lowest BCUT2D eigenvalue weighted by atomic mass is 10.0. The fourth-order valence-electron chi connectivity index (χ4n) is 2.23. The van der Waals surface area contributed by atoms with Crippen LogP contribution in [0.2, 0.25) is 0 Å². The van der Waals surface area contributed by atoms with E-state index < -0.39 is 0 Å². The Kier molecular flexibility index (Phi) is 6.21. The summed E-state index contributed by atoms with van der Waals surface area (Å²) in [5.74, 6) is 0.935. The van der Waals surface area contributed by atoms with Gasteiger partial charge in [-0.3, -0.25) is 0 Å². The van der Waals surface area contributed by atoms with Gasteiger partial charge in [0.25, 0.3) is 0 Å². The van der Waals surface area contributed by atoms with Gasteiger partial charge in [0.2, 0.25) is 0 Å². The second-order valence-corrected chi connectivity index (χ2v) is 6.35. The first-order valence-corrected chi connectivity index (χ1v) is 8.45. The molecule has 0 bridgehead atoms. The smallest absolute Gasteiger partial charge is 0.120 e. The fourth-order valence-corrected chi connectivity index (χ4v) is 2.90. The third-order valence-electron chi connectivity index (χ3n) is 3.14. The van der Waals surface area contributed by atoms with Crippen LogP contribution in [0.15, 0.2) is 35.8 Å². The molecule has 0 amide bonds. The van der Waals surface area contributed by atoms with Gasteiger partial charge in [-0.15, -0.1) is 11.3 Å². The molecule has 21 heavy (non-hydrogen) atoms. The second kappa shape index (κ2) is 8.15. The SMILES string of the molecule is CCCNC(Cc1nccs1)c1cccc(OC(C)C)c1. The van der Waals surface area contributed by atoms with Crippen LogP contribution in [0.1, 0.15) is 43.8 Å². The van der Waals surface area contributed by atoms with Gasteiger partial charge < -0.3 is 10.1 Å². The quantitative estimate of drug-likeness (QED) is 0.793. The van der Waals surface area contributed by atoms with Crippen LogP contribution in [0.5, 0.6) is 5.75 Å². The minimum atomic E-state index is 0.196. The predicted octanol–water partition coefficient (Wildman–Crippen LogP) is 4.21. The average Bonchev–Trinajstić information content (AvgIpc) is 2.96. The van der Waals surface area contributed by atoms with Gasteiger partial charge in [-0.2, -0.15) is 0 Å². The molecule has 1 atom stereocenters. The zero-order chi connectivity index (χ0) is 15.1. The monoisotopic (exact) mass is 304 g/mol. The molecule has 0 saturated heterocycles. The van der Waals surface area contributed by atoms with Gasteiger partial charge in [-0.05, 0) is 44.5 Å². The number of rotatable bonds is 8. The first kappa shape index (κ1) is 16.0. The molecule has 0 aliphatic carbocycles. The van der Waals surface area contributed by atoms with Crippen LogP contribution in [0.3, 0.4) is 0 Å². The molecule has 114 valence electrons. The van der Waals surface area contributed by atoms with Gasteiger partial charge in [0.1, 0.15) is 5.75 Å². The van der Waals surface area contributed by atoms with E-state index in [1.807, 2.05) is 17.6 Å². The molecule has 1 aromatic heterocycles. The maximum atomic E-state index is 5.80. The highest BCUT2D eigenvalue weighted by Crippen LogP contribution is 2.24. The first-order chi connectivity index (χ1) is 10.2. The molecule has 3 nitrogen and oxygen atoms in total. The van der Waals surface area contributed by atoms with Gasteiger partial charge in [0.05, 0.1) is 11.1 Å². The molecule has 1 aromatic carbocycles. The number of ether oxygens (including phenoxy) is 1. The molecule has 1 unspecified atom stereocenters. The summed E-state index contributed by atoms with van der Waals surface area (Å²) in [7, 11) is 0. The van der Waals surface area contributed by atoms with Crippen molar-refractivity contribution in [1.29, 1.82) is 0 Å². The zero-order valence-electron chi connectivity index (χ0n) is 13.0. The lowest BCUT2D eigenvalue weighted by molar-refractivity contribution is 0.242. The first-order valence-electron chi connectivity index (χ1n) is 7.57. The summed E-state index contributed by atoms with van der Waals surface area (Å²) < 4.78 is 5.80. The van der Waals surface area contributed by atoms with E-state index in [1.54, 1.807) is 11.3 Å². The molecule has 0 fully saturated rings. The minimum Gasteiger partial charge on any atom is -0.491 e. The molecule has 4 heteroatoms. The Morgan fingerprint density at radius 1 is 1.33 bits per heavy atom. The van der Waals surface area contributed by atoms with E-state index in [2.05, 4.69) is 49.3 Å². The lowest BCUT2D eigenvalue weighted by Gasteiger charge is -2.19. The summed E-state index contributed by atoms with van der Waals surface area (Å²) in [6.07, 6.45) is 4.11. The highest BCUT2D eigenvalue weighted by Gasteiger charge is 2.14. The molecule has 0 radical (unpaired) electrons. The number of nitrogens with one attached hydrogen (secondary N) is 1. The third-order valence-corrected chi connectivity index (χ3v) is 3.94. The van der Waals surface area contributed by atoms with Crippen LogP contribution in [-0.4, -0.2) is 17.6 Å². The number of benzene rings is 1. The standard InChI is InChI=1S/C17H24N2OS/c1-4-8-18-16(12-17-19-9-10-21-17)14-6-5-7-15(11-14)20-13(2)3/h5-7,9-11,13,16,18H,4,8,12H2,1-3H3. The van der Waals surface area contributed by atoms with E-state index in [-0.39, 0.29) is 12.1 Å². The van der Waals surface area contributed by atoms with Crippen LogP contribution < -0.4 is 10.1 Å². The van der Waals surface area contributed by atoms with Crippen LogP contribution in [0.4, 0.5) is 0 Å². The Bertz CT molecular complexity index is 525. The Labute approximate surface area is 131 Å². The van der Waals surface area contributed by atoms with Crippen molar-refractivity contribution in [2.75, 3.05) is 6.54 Å². The fraction of sp³-hybridized carbons (Fsp3) is 0.471. The molecular weight excluding hydrogens is 280 g/mol. The van der Waals surface area contributed by atoms with Gasteiger partial charge in [0, 0.05) is 24.0 Å². The van der Waals surface area contributed by atoms with Crippen LogP contribution in [0, 0.1) is 0 Å². The van der Waals surface area contributed by atoms with E-state index in [0.29, 0.717) is 0 Å². The maximum Gasteiger partial charge on any atom is 0.120 e. The van der Waals surface area contributed by atoms with Crippen molar-refractivity contribution in [1.82, 2.24) is 10.3 Å². The van der Waals surface area contributed by atoms with Crippen molar-refractivity contribution in [3.63, 3.8) is 0 Å². The van der Waals surface area contributed by atoms with Crippen molar-refractivity contribution in [3.8, 4) is 5.75 Å². The molecule has 1 heterocycles. The molecule has 2 rings (SSSR count). The predicted molar refractivity (Wildman–Crippen MR) is 89.1 cm³/mol. The number of aromatic nitrogens is 1. The summed E-state index contributed by atoms with van der Waals surface area (Å²) >= 11 is 1.71. The maximum absolute atomic E-state index is 5.80. The van der Waals surface area contributed by atoms with Gasteiger partial charge in [-0.25, -0.2) is 4.98 Å². The molecule has 2 aromatic rings.